The highest BCUT2D eigenvalue weighted by Gasteiger charge is 2.09. The minimum atomic E-state index is 0.561. The van der Waals surface area contributed by atoms with Crippen molar-refractivity contribution in [2.75, 3.05) is 19.1 Å². The zero-order chi connectivity index (χ0) is 15.8. The lowest BCUT2D eigenvalue weighted by Crippen LogP contribution is -1.99. The maximum atomic E-state index is 6.26. The van der Waals surface area contributed by atoms with Gasteiger partial charge in [-0.1, -0.05) is 36.7 Å². The molecule has 0 aromatic heterocycles. The second-order valence-electron chi connectivity index (χ2n) is 4.61. The summed E-state index contributed by atoms with van der Waals surface area (Å²) in [4.78, 5) is 0. The number of halogens is 1. The maximum Gasteiger partial charge on any atom is 0.162 e. The Hall–Kier alpha value is -2.20. The smallest absolute Gasteiger partial charge is 0.162 e. The summed E-state index contributed by atoms with van der Waals surface area (Å²) in [7, 11) is 1.60. The first kappa shape index (κ1) is 16.2. The number of nitrogens with one attached hydrogen (secondary N) is 1. The molecule has 116 valence electrons. The summed E-state index contributed by atoms with van der Waals surface area (Å²) >= 11 is 6.26. The van der Waals surface area contributed by atoms with Crippen molar-refractivity contribution >= 4 is 23.5 Å². The minimum Gasteiger partial charge on any atom is -0.493 e. The molecule has 0 saturated heterocycles. The molecule has 22 heavy (non-hydrogen) atoms. The largest absolute Gasteiger partial charge is 0.493 e. The van der Waals surface area contributed by atoms with Crippen LogP contribution < -0.4 is 14.9 Å². The van der Waals surface area contributed by atoms with Gasteiger partial charge in [-0.15, -0.1) is 0 Å². The molecule has 0 spiro atoms. The van der Waals surface area contributed by atoms with Gasteiger partial charge in [0, 0.05) is 11.6 Å². The maximum absolute atomic E-state index is 6.26. The van der Waals surface area contributed by atoms with Gasteiger partial charge in [-0.05, 0) is 24.6 Å². The fourth-order valence-corrected chi connectivity index (χ4v) is 2.03. The molecule has 0 aliphatic rings. The standard InChI is InChI=1S/C17H19ClN2O2/c1-3-9-22-17-11-15(18)13(10-16(17)21-2)12-19-20-14-7-5-4-6-8-14/h4-8,10-12,20H,3,9H2,1-2H3. The molecule has 0 saturated carbocycles. The highest BCUT2D eigenvalue weighted by atomic mass is 35.5. The summed E-state index contributed by atoms with van der Waals surface area (Å²) in [6.07, 6.45) is 2.58. The van der Waals surface area contributed by atoms with Crippen LogP contribution in [0.15, 0.2) is 47.6 Å². The second-order valence-corrected chi connectivity index (χ2v) is 5.02. The fourth-order valence-electron chi connectivity index (χ4n) is 1.82. The summed E-state index contributed by atoms with van der Waals surface area (Å²) in [5.74, 6) is 1.28. The third kappa shape index (κ3) is 4.40. The van der Waals surface area contributed by atoms with Crippen molar-refractivity contribution in [3.63, 3.8) is 0 Å². The molecule has 0 aliphatic carbocycles. The highest BCUT2D eigenvalue weighted by molar-refractivity contribution is 6.33. The molecule has 0 heterocycles. The SMILES string of the molecule is CCCOc1cc(Cl)c(C=NNc2ccccc2)cc1OC. The van der Waals surface area contributed by atoms with Crippen molar-refractivity contribution in [1.29, 1.82) is 0 Å². The molecule has 5 heteroatoms. The molecular formula is C17H19ClN2O2. The van der Waals surface area contributed by atoms with Gasteiger partial charge in [-0.2, -0.15) is 5.10 Å². The van der Waals surface area contributed by atoms with Gasteiger partial charge in [-0.3, -0.25) is 5.43 Å². The number of anilines is 1. The molecule has 4 nitrogen and oxygen atoms in total. The second kappa shape index (κ2) is 8.29. The van der Waals surface area contributed by atoms with E-state index in [1.54, 1.807) is 19.4 Å². The summed E-state index contributed by atoms with van der Waals surface area (Å²) in [6, 6.07) is 13.2. The number of hydrogen-bond donors (Lipinski definition) is 1. The topological polar surface area (TPSA) is 42.8 Å². The number of para-hydroxylation sites is 1. The van der Waals surface area contributed by atoms with Crippen LogP contribution in [0.4, 0.5) is 5.69 Å². The van der Waals surface area contributed by atoms with E-state index in [0.29, 0.717) is 23.1 Å². The summed E-state index contributed by atoms with van der Waals surface area (Å²) < 4.78 is 11.0. The number of hydrazone groups is 1. The van der Waals surface area contributed by atoms with Crippen molar-refractivity contribution < 1.29 is 9.47 Å². The van der Waals surface area contributed by atoms with Crippen LogP contribution in [0, 0.1) is 0 Å². The van der Waals surface area contributed by atoms with E-state index in [4.69, 9.17) is 21.1 Å². The van der Waals surface area contributed by atoms with Gasteiger partial charge in [-0.25, -0.2) is 0 Å². The molecule has 0 atom stereocenters. The van der Waals surface area contributed by atoms with E-state index in [9.17, 15) is 0 Å². The average molecular weight is 319 g/mol. The minimum absolute atomic E-state index is 0.561. The quantitative estimate of drug-likeness (QED) is 0.600. The lowest BCUT2D eigenvalue weighted by Gasteiger charge is -2.11. The van der Waals surface area contributed by atoms with Gasteiger partial charge >= 0.3 is 0 Å². The van der Waals surface area contributed by atoms with Crippen molar-refractivity contribution in [3.05, 3.63) is 53.1 Å². The van der Waals surface area contributed by atoms with Crippen molar-refractivity contribution in [2.45, 2.75) is 13.3 Å². The molecule has 0 radical (unpaired) electrons. The van der Waals surface area contributed by atoms with Crippen LogP contribution in [0.1, 0.15) is 18.9 Å². The Morgan fingerprint density at radius 2 is 1.95 bits per heavy atom. The van der Waals surface area contributed by atoms with Crippen LogP contribution in [-0.4, -0.2) is 19.9 Å². The summed E-state index contributed by atoms with van der Waals surface area (Å²) in [6.45, 7) is 2.67. The molecule has 0 fully saturated rings. The zero-order valence-electron chi connectivity index (χ0n) is 12.7. The predicted octanol–water partition coefficient (Wildman–Crippen LogP) is 4.58. The predicted molar refractivity (Wildman–Crippen MR) is 91.4 cm³/mol. The Bertz CT molecular complexity index is 630. The Morgan fingerprint density at radius 3 is 2.64 bits per heavy atom. The van der Waals surface area contributed by atoms with Crippen molar-refractivity contribution in [3.8, 4) is 11.5 Å². The Kier molecular flexibility index (Phi) is 6.10. The molecule has 0 amide bonds. The number of ether oxygens (including phenoxy) is 2. The first-order valence-electron chi connectivity index (χ1n) is 7.09. The van der Waals surface area contributed by atoms with E-state index in [0.717, 1.165) is 17.7 Å². The Balaban J connectivity index is 2.13. The van der Waals surface area contributed by atoms with Crippen LogP contribution in [0.5, 0.6) is 11.5 Å². The molecule has 0 unspecified atom stereocenters. The number of rotatable bonds is 7. The molecule has 2 aromatic carbocycles. The monoisotopic (exact) mass is 318 g/mol. The van der Waals surface area contributed by atoms with Gasteiger partial charge in [0.05, 0.1) is 30.6 Å². The van der Waals surface area contributed by atoms with E-state index in [1.165, 1.54) is 0 Å². The van der Waals surface area contributed by atoms with Crippen LogP contribution in [0.25, 0.3) is 0 Å². The van der Waals surface area contributed by atoms with Crippen LogP contribution in [0.3, 0.4) is 0 Å². The van der Waals surface area contributed by atoms with Gasteiger partial charge in [0.1, 0.15) is 0 Å². The molecular weight excluding hydrogens is 300 g/mol. The molecule has 2 aromatic rings. The van der Waals surface area contributed by atoms with Crippen LogP contribution in [-0.2, 0) is 0 Å². The highest BCUT2D eigenvalue weighted by Crippen LogP contribution is 2.32. The summed E-state index contributed by atoms with van der Waals surface area (Å²) in [5, 5.41) is 4.74. The molecule has 2 rings (SSSR count). The summed E-state index contributed by atoms with van der Waals surface area (Å²) in [5.41, 5.74) is 4.61. The number of hydrogen-bond acceptors (Lipinski definition) is 4. The van der Waals surface area contributed by atoms with Gasteiger partial charge < -0.3 is 9.47 Å². The van der Waals surface area contributed by atoms with Crippen LogP contribution in [0.2, 0.25) is 5.02 Å². The zero-order valence-corrected chi connectivity index (χ0v) is 13.4. The first-order chi connectivity index (χ1) is 10.7. The lowest BCUT2D eigenvalue weighted by atomic mass is 10.2. The average Bonchev–Trinajstić information content (AvgIpc) is 2.55. The van der Waals surface area contributed by atoms with E-state index in [1.807, 2.05) is 43.3 Å². The number of methoxy groups -OCH3 is 1. The first-order valence-corrected chi connectivity index (χ1v) is 7.47. The van der Waals surface area contributed by atoms with E-state index < -0.39 is 0 Å². The van der Waals surface area contributed by atoms with E-state index in [-0.39, 0.29) is 0 Å². The van der Waals surface area contributed by atoms with Gasteiger partial charge in [0.25, 0.3) is 0 Å². The van der Waals surface area contributed by atoms with Gasteiger partial charge in [0.15, 0.2) is 11.5 Å². The third-order valence-electron chi connectivity index (χ3n) is 2.92. The van der Waals surface area contributed by atoms with Crippen LogP contribution >= 0.6 is 11.6 Å². The Morgan fingerprint density at radius 1 is 1.18 bits per heavy atom. The lowest BCUT2D eigenvalue weighted by molar-refractivity contribution is 0.294. The normalized spacial score (nSPS) is 10.7. The molecule has 0 bridgehead atoms. The molecule has 1 N–H and O–H groups in total. The van der Waals surface area contributed by atoms with Crippen molar-refractivity contribution in [1.82, 2.24) is 0 Å². The fraction of sp³-hybridized carbons (Fsp3) is 0.235. The third-order valence-corrected chi connectivity index (χ3v) is 3.24. The Labute approximate surface area is 135 Å². The van der Waals surface area contributed by atoms with Crippen molar-refractivity contribution in [2.24, 2.45) is 5.10 Å². The number of nitrogens with zero attached hydrogens (tertiary/aromatic N) is 1. The van der Waals surface area contributed by atoms with E-state index >= 15 is 0 Å². The number of benzene rings is 2. The van der Waals surface area contributed by atoms with Gasteiger partial charge in [0.2, 0.25) is 0 Å². The van der Waals surface area contributed by atoms with E-state index in [2.05, 4.69) is 10.5 Å². The molecule has 0 aliphatic heterocycles.